The van der Waals surface area contributed by atoms with Crippen molar-refractivity contribution in [3.63, 3.8) is 0 Å². The highest BCUT2D eigenvalue weighted by atomic mass is 79.9. The molecule has 0 atom stereocenters. The number of carbonyl (C=O) groups is 4. The number of nitrogens with one attached hydrogen (secondary N) is 1. The maximum Gasteiger partial charge on any atom is 0.411 e. The highest BCUT2D eigenvalue weighted by Gasteiger charge is 2.43. The van der Waals surface area contributed by atoms with Gasteiger partial charge in [-0.15, -0.1) is 0 Å². The number of benzene rings is 2. The summed E-state index contributed by atoms with van der Waals surface area (Å²) in [6.07, 6.45) is -0.363. The Morgan fingerprint density at radius 1 is 0.812 bits per heavy atom. The van der Waals surface area contributed by atoms with Gasteiger partial charge in [0.05, 0.1) is 18.8 Å². The second-order valence-corrected chi connectivity index (χ2v) is 15.1. The highest BCUT2D eigenvalue weighted by molar-refractivity contribution is 9.10. The Labute approximate surface area is 307 Å². The van der Waals surface area contributed by atoms with Crippen LogP contribution in [0, 0.1) is 0 Å². The molecule has 0 radical (unpaired) electrons. The molecule has 0 aliphatic heterocycles. The van der Waals surface area contributed by atoms with Gasteiger partial charge in [-0.05, 0) is 81.8 Å². The fraction of sp³-hybridized carbons (Fsp3) is 0.515. The lowest BCUT2D eigenvalue weighted by Gasteiger charge is -2.42. The fourth-order valence-corrected chi connectivity index (χ4v) is 6.26. The monoisotopic (exact) mass is 838 g/mol. The molecule has 0 unspecified atom stereocenters. The minimum Gasteiger partial charge on any atom is -0.463 e. The number of carbonyl (C=O) groups excluding carboxylic acids is 4. The Bertz CT molecular complexity index is 1430. The van der Waals surface area contributed by atoms with Gasteiger partial charge in [0.15, 0.2) is 0 Å². The van der Waals surface area contributed by atoms with Crippen LogP contribution in [0.2, 0.25) is 10.0 Å². The van der Waals surface area contributed by atoms with E-state index in [1.54, 1.807) is 57.2 Å². The number of nitrogens with zero attached hydrogens (tertiary/aromatic N) is 1. The first-order chi connectivity index (χ1) is 22.3. The summed E-state index contributed by atoms with van der Waals surface area (Å²) in [7, 11) is 0. The van der Waals surface area contributed by atoms with Crippen molar-refractivity contribution in [2.45, 2.75) is 77.0 Å². The molecule has 0 aliphatic carbocycles. The van der Waals surface area contributed by atoms with E-state index >= 15 is 0 Å². The van der Waals surface area contributed by atoms with Crippen molar-refractivity contribution in [1.29, 1.82) is 0 Å². The second-order valence-electron chi connectivity index (χ2n) is 12.5. The van der Waals surface area contributed by atoms with Crippen LogP contribution in [-0.4, -0.2) is 88.7 Å². The number of ether oxygens (including phenoxy) is 3. The molecule has 2 aromatic rings. The molecular weight excluding hydrogens is 799 g/mol. The van der Waals surface area contributed by atoms with Crippen LogP contribution >= 0.6 is 55.1 Å². The number of hydrogen-bond acceptors (Lipinski definition) is 9. The van der Waals surface area contributed by atoms with Crippen LogP contribution < -0.4 is 5.32 Å². The first-order valence-electron chi connectivity index (χ1n) is 15.0. The van der Waals surface area contributed by atoms with Crippen LogP contribution in [0.5, 0.6) is 0 Å². The highest BCUT2D eigenvalue weighted by Crippen LogP contribution is 2.29. The summed E-state index contributed by atoms with van der Waals surface area (Å²) in [5.41, 5.74) is -2.72. The average Bonchev–Trinajstić information content (AvgIpc) is 2.98. The van der Waals surface area contributed by atoms with Crippen LogP contribution in [0.25, 0.3) is 0 Å². The van der Waals surface area contributed by atoms with Crippen molar-refractivity contribution in [1.82, 2.24) is 10.2 Å². The summed E-state index contributed by atoms with van der Waals surface area (Å²) in [5, 5.41) is 25.0. The molecule has 11 nitrogen and oxygen atoms in total. The Hall–Kier alpha value is -2.42. The Balaban J connectivity index is 2.51. The Morgan fingerprint density at radius 2 is 1.27 bits per heavy atom. The molecule has 3 N–H and O–H groups in total. The van der Waals surface area contributed by atoms with Gasteiger partial charge in [-0.25, -0.2) is 4.79 Å². The number of amides is 2. The quantitative estimate of drug-likeness (QED) is 0.136. The lowest BCUT2D eigenvalue weighted by Crippen LogP contribution is -2.63. The molecule has 2 aromatic carbocycles. The summed E-state index contributed by atoms with van der Waals surface area (Å²) in [4.78, 5) is 52.4. The zero-order chi connectivity index (χ0) is 36.3. The molecule has 0 saturated carbocycles. The van der Waals surface area contributed by atoms with Gasteiger partial charge in [0.25, 0.3) is 0 Å². The summed E-state index contributed by atoms with van der Waals surface area (Å²) < 4.78 is 17.8. The van der Waals surface area contributed by atoms with Crippen molar-refractivity contribution >= 4 is 79.0 Å². The number of aliphatic hydroxyl groups excluding tert-OH is 2. The van der Waals surface area contributed by atoms with E-state index in [4.69, 9.17) is 37.4 Å². The van der Waals surface area contributed by atoms with E-state index in [1.165, 1.54) is 13.8 Å². The van der Waals surface area contributed by atoms with E-state index < -0.39 is 60.4 Å². The molecule has 0 bridgehead atoms. The minimum absolute atomic E-state index is 0.00196. The van der Waals surface area contributed by atoms with Crippen LogP contribution in [0.15, 0.2) is 45.3 Å². The van der Waals surface area contributed by atoms with Gasteiger partial charge < -0.3 is 29.7 Å². The standard InChI is InChI=1S/C33H42Br2Cl2N2O9/c1-21(42)46-19-32(20-47-22(2)43,12-10-23-6-8-25(34)14-27(23)36)38-29(44)16-39(30(45)48-31(3,4)5)33(17-40,18-41)13-11-24-7-9-26(35)15-28(24)37/h6-9,14-15,40-41H,10-13,16-20H2,1-5H3,(H,38,44). The minimum atomic E-state index is -1.67. The molecule has 0 saturated heterocycles. The second kappa shape index (κ2) is 18.5. The van der Waals surface area contributed by atoms with Crippen molar-refractivity contribution in [3.8, 4) is 0 Å². The number of aryl methyl sites for hydroxylation is 2. The molecule has 15 heteroatoms. The van der Waals surface area contributed by atoms with Crippen molar-refractivity contribution in [2.75, 3.05) is 33.0 Å². The number of halogens is 4. The van der Waals surface area contributed by atoms with E-state index in [2.05, 4.69) is 37.2 Å². The number of rotatable bonds is 16. The van der Waals surface area contributed by atoms with Gasteiger partial charge in [0.2, 0.25) is 5.91 Å². The van der Waals surface area contributed by atoms with E-state index in [0.29, 0.717) is 21.2 Å². The van der Waals surface area contributed by atoms with Gasteiger partial charge in [-0.3, -0.25) is 19.3 Å². The summed E-state index contributed by atoms with van der Waals surface area (Å²) >= 11 is 19.6. The molecule has 2 amide bonds. The van der Waals surface area contributed by atoms with Crippen LogP contribution in [0.1, 0.15) is 58.6 Å². The van der Waals surface area contributed by atoms with E-state index in [1.807, 2.05) is 0 Å². The average molecular weight is 841 g/mol. The molecule has 0 fully saturated rings. The third-order valence-electron chi connectivity index (χ3n) is 7.35. The van der Waals surface area contributed by atoms with Gasteiger partial charge in [0.1, 0.15) is 30.9 Å². The summed E-state index contributed by atoms with van der Waals surface area (Å²) in [5.74, 6) is -2.05. The third-order valence-corrected chi connectivity index (χ3v) is 9.04. The van der Waals surface area contributed by atoms with Gasteiger partial charge in [-0.1, -0.05) is 67.2 Å². The molecule has 2 rings (SSSR count). The predicted molar refractivity (Wildman–Crippen MR) is 189 cm³/mol. The number of esters is 2. The van der Waals surface area contributed by atoms with E-state index in [9.17, 15) is 29.4 Å². The maximum absolute atomic E-state index is 13.9. The van der Waals surface area contributed by atoms with Crippen LogP contribution in [0.3, 0.4) is 0 Å². The van der Waals surface area contributed by atoms with Gasteiger partial charge in [-0.2, -0.15) is 0 Å². The van der Waals surface area contributed by atoms with Crippen molar-refractivity contribution in [3.05, 3.63) is 66.5 Å². The fourth-order valence-electron chi connectivity index (χ4n) is 4.73. The largest absolute Gasteiger partial charge is 0.463 e. The maximum atomic E-state index is 13.9. The first-order valence-corrected chi connectivity index (χ1v) is 17.4. The molecule has 48 heavy (non-hydrogen) atoms. The van der Waals surface area contributed by atoms with Crippen LogP contribution in [0.4, 0.5) is 4.79 Å². The molecule has 0 heterocycles. The zero-order valence-corrected chi connectivity index (χ0v) is 32.2. The smallest absolute Gasteiger partial charge is 0.411 e. The van der Waals surface area contributed by atoms with Crippen molar-refractivity contribution < 1.29 is 43.6 Å². The lowest BCUT2D eigenvalue weighted by molar-refractivity contribution is -0.151. The summed E-state index contributed by atoms with van der Waals surface area (Å²) in [6, 6.07) is 10.5. The lowest BCUT2D eigenvalue weighted by atomic mass is 9.90. The first kappa shape index (κ1) is 41.7. The van der Waals surface area contributed by atoms with E-state index in [0.717, 1.165) is 13.8 Å². The predicted octanol–water partition coefficient (Wildman–Crippen LogP) is 6.03. The normalized spacial score (nSPS) is 11.9. The molecule has 0 aliphatic rings. The summed E-state index contributed by atoms with van der Waals surface area (Å²) in [6.45, 7) is 4.42. The molecule has 0 spiro atoms. The third kappa shape index (κ3) is 13.1. The van der Waals surface area contributed by atoms with E-state index in [-0.39, 0.29) is 38.9 Å². The molecule has 0 aromatic heterocycles. The van der Waals surface area contributed by atoms with Gasteiger partial charge in [0, 0.05) is 32.8 Å². The Kier molecular flexibility index (Phi) is 16.1. The van der Waals surface area contributed by atoms with Gasteiger partial charge >= 0.3 is 18.0 Å². The number of aliphatic hydroxyl groups is 2. The van der Waals surface area contributed by atoms with Crippen LogP contribution in [-0.2, 0) is 41.4 Å². The van der Waals surface area contributed by atoms with Crippen molar-refractivity contribution in [2.24, 2.45) is 0 Å². The Morgan fingerprint density at radius 3 is 1.67 bits per heavy atom. The molecule has 266 valence electrons. The molecular formula is C33H42Br2Cl2N2O9. The SMILES string of the molecule is CC(=O)OCC(CCc1ccc(Br)cc1Cl)(COC(C)=O)NC(=O)CN(C(=O)OC(C)(C)C)C(CO)(CO)CCc1ccc(Br)cc1Cl. The zero-order valence-electron chi connectivity index (χ0n) is 27.5. The number of hydrogen-bond donors (Lipinski definition) is 3. The topological polar surface area (TPSA) is 152 Å².